The van der Waals surface area contributed by atoms with Crippen LogP contribution in [0, 0.1) is 0 Å². The first-order valence-electron chi connectivity index (χ1n) is 27.5. The summed E-state index contributed by atoms with van der Waals surface area (Å²) in [5.74, 6) is -1.35. The van der Waals surface area contributed by atoms with E-state index in [4.69, 9.17) is 37.5 Å². The van der Waals surface area contributed by atoms with E-state index in [1.807, 2.05) is 0 Å². The lowest BCUT2D eigenvalue weighted by atomic mass is 9.84. The summed E-state index contributed by atoms with van der Waals surface area (Å²) < 4.78 is 57.9. The molecule has 3 rings (SSSR count). The fraction of sp³-hybridized carbons (Fsp3) is 0.922. The van der Waals surface area contributed by atoms with Crippen LogP contribution in [0.5, 0.6) is 0 Å². The SMILES string of the molecule is CCCCCCCCC=CCCCCCC(=O)OCC(COP(=O)(O)OC1C(OC2OC(CO)C(O)C(O)C2O)C(O)C(O)C(O)C1OC1OC(CO)C(O)C(O)C1O)OC(=O)CCCCCCCCCCCCC. The number of unbranched alkanes of at least 4 members (excludes halogenated alkanes) is 19. The monoisotopic (exact) mass is 1100 g/mol. The Hall–Kier alpha value is -1.81. The van der Waals surface area contributed by atoms with Gasteiger partial charge in [-0.15, -0.1) is 0 Å². The maximum Gasteiger partial charge on any atom is 0.472 e. The number of allylic oxidation sites excluding steroid dienone is 2. The Kier molecular flexibility index (Phi) is 33.5. The van der Waals surface area contributed by atoms with E-state index in [0.717, 1.165) is 64.2 Å². The average molecular weight is 1110 g/mol. The summed E-state index contributed by atoms with van der Waals surface area (Å²) in [5, 5.41) is 116. The first-order valence-corrected chi connectivity index (χ1v) is 29.0. The molecule has 24 heteroatoms. The normalized spacial score (nSPS) is 32.6. The predicted octanol–water partition coefficient (Wildman–Crippen LogP) is 2.37. The highest BCUT2D eigenvalue weighted by molar-refractivity contribution is 7.47. The molecule has 75 heavy (non-hydrogen) atoms. The fourth-order valence-corrected chi connectivity index (χ4v) is 10.1. The van der Waals surface area contributed by atoms with Gasteiger partial charge in [0.05, 0.1) is 19.8 Å². The van der Waals surface area contributed by atoms with Crippen molar-refractivity contribution in [1.29, 1.82) is 0 Å². The number of aliphatic hydroxyl groups excluding tert-OH is 11. The summed E-state index contributed by atoms with van der Waals surface area (Å²) in [4.78, 5) is 37.3. The molecule has 12 N–H and O–H groups in total. The Morgan fingerprint density at radius 1 is 0.493 bits per heavy atom. The molecule has 16 unspecified atom stereocenters. The van der Waals surface area contributed by atoms with Gasteiger partial charge in [0.1, 0.15) is 92.1 Å². The van der Waals surface area contributed by atoms with Crippen LogP contribution in [0.1, 0.15) is 168 Å². The number of phosphoric ester groups is 1. The average Bonchev–Trinajstić information content (AvgIpc) is 3.39. The van der Waals surface area contributed by atoms with Crippen LogP contribution in [0.3, 0.4) is 0 Å². The molecule has 3 fully saturated rings. The van der Waals surface area contributed by atoms with Gasteiger partial charge in [-0.1, -0.05) is 129 Å². The number of carbonyl (C=O) groups is 2. The van der Waals surface area contributed by atoms with E-state index in [2.05, 4.69) is 26.0 Å². The molecule has 1 saturated carbocycles. The Morgan fingerprint density at radius 3 is 1.32 bits per heavy atom. The molecule has 23 nitrogen and oxygen atoms in total. The molecule has 0 aromatic carbocycles. The van der Waals surface area contributed by atoms with Crippen molar-refractivity contribution in [2.24, 2.45) is 0 Å². The van der Waals surface area contributed by atoms with Crippen LogP contribution in [0.25, 0.3) is 0 Å². The van der Waals surface area contributed by atoms with Gasteiger partial charge in [0.15, 0.2) is 18.7 Å². The zero-order valence-corrected chi connectivity index (χ0v) is 45.0. The van der Waals surface area contributed by atoms with Crippen molar-refractivity contribution in [2.75, 3.05) is 26.4 Å². The van der Waals surface area contributed by atoms with Crippen molar-refractivity contribution in [3.05, 3.63) is 12.2 Å². The summed E-state index contributed by atoms with van der Waals surface area (Å²) in [6.45, 7) is 0.946. The molecule has 0 bridgehead atoms. The lowest BCUT2D eigenvalue weighted by Crippen LogP contribution is -2.69. The van der Waals surface area contributed by atoms with E-state index in [1.54, 1.807) is 0 Å². The zero-order chi connectivity index (χ0) is 55.3. The van der Waals surface area contributed by atoms with Gasteiger partial charge in [-0.25, -0.2) is 4.57 Å². The zero-order valence-electron chi connectivity index (χ0n) is 44.1. The van der Waals surface area contributed by atoms with Crippen LogP contribution in [0.2, 0.25) is 0 Å². The molecule has 2 aliphatic heterocycles. The molecular weight excluding hydrogens is 1010 g/mol. The molecule has 1 aliphatic carbocycles. The van der Waals surface area contributed by atoms with Crippen LogP contribution in [-0.2, 0) is 51.6 Å². The lowest BCUT2D eigenvalue weighted by Gasteiger charge is -2.49. The maximum atomic E-state index is 14.0. The topological polar surface area (TPSA) is 368 Å². The first-order chi connectivity index (χ1) is 35.9. The quantitative estimate of drug-likeness (QED) is 0.0182. The number of phosphoric acid groups is 1. The van der Waals surface area contributed by atoms with E-state index in [1.165, 1.54) is 64.2 Å². The summed E-state index contributed by atoms with van der Waals surface area (Å²) in [5.41, 5.74) is 0. The molecule has 16 atom stereocenters. The van der Waals surface area contributed by atoms with Crippen molar-refractivity contribution in [1.82, 2.24) is 0 Å². The highest BCUT2D eigenvalue weighted by Gasteiger charge is 2.58. The highest BCUT2D eigenvalue weighted by Crippen LogP contribution is 2.49. The molecule has 0 aromatic heterocycles. The van der Waals surface area contributed by atoms with Crippen molar-refractivity contribution in [3.63, 3.8) is 0 Å². The second-order valence-corrected chi connectivity index (χ2v) is 21.5. The summed E-state index contributed by atoms with van der Waals surface area (Å²) in [6.07, 6.45) is -7.68. The van der Waals surface area contributed by atoms with Gasteiger partial charge in [-0.05, 0) is 38.5 Å². The number of aliphatic hydroxyl groups is 11. The second kappa shape index (κ2) is 37.2. The van der Waals surface area contributed by atoms with Crippen molar-refractivity contribution in [3.8, 4) is 0 Å². The van der Waals surface area contributed by atoms with Gasteiger partial charge in [0.2, 0.25) is 0 Å². The first kappa shape index (κ1) is 67.5. The summed E-state index contributed by atoms with van der Waals surface area (Å²) in [6, 6.07) is 0. The third-order valence-corrected chi connectivity index (χ3v) is 14.8. The molecule has 2 saturated heterocycles. The molecule has 0 spiro atoms. The molecule has 0 aromatic rings. The van der Waals surface area contributed by atoms with Gasteiger partial charge in [0, 0.05) is 12.8 Å². The van der Waals surface area contributed by atoms with Gasteiger partial charge in [0.25, 0.3) is 0 Å². The molecule has 0 amide bonds. The standard InChI is InChI=1S/C51H93O23P/c1-3-5-7-9-11-13-15-16-18-19-21-23-25-27-36(54)67-31-33(69-37(55)28-26-24-22-20-17-14-12-10-8-6-4-2)32-68-75(65,66)74-49-47(72-50-45(63)40(58)38(56)34(29-52)70-50)43(61)42(60)44(62)48(49)73-51-46(64)41(59)39(57)35(30-53)71-51/h16,18,33-35,38-53,56-64H,3-15,17,19-32H2,1-2H3,(H,65,66). The minimum absolute atomic E-state index is 0.0315. The lowest BCUT2D eigenvalue weighted by molar-refractivity contribution is -0.360. The molecule has 0 radical (unpaired) electrons. The minimum atomic E-state index is -5.63. The van der Waals surface area contributed by atoms with Crippen LogP contribution in [0.15, 0.2) is 12.2 Å². The van der Waals surface area contributed by atoms with E-state index in [9.17, 15) is 75.2 Å². The Bertz CT molecular complexity index is 1560. The minimum Gasteiger partial charge on any atom is -0.462 e. The second-order valence-electron chi connectivity index (χ2n) is 20.1. The Balaban J connectivity index is 1.75. The van der Waals surface area contributed by atoms with Gasteiger partial charge in [-0.2, -0.15) is 0 Å². The third-order valence-electron chi connectivity index (χ3n) is 13.8. The van der Waals surface area contributed by atoms with Gasteiger partial charge in [-0.3, -0.25) is 18.6 Å². The Morgan fingerprint density at radius 2 is 0.880 bits per heavy atom. The largest absolute Gasteiger partial charge is 0.472 e. The summed E-state index contributed by atoms with van der Waals surface area (Å²) >= 11 is 0. The Labute approximate surface area is 442 Å². The van der Waals surface area contributed by atoms with Crippen molar-refractivity contribution >= 4 is 19.8 Å². The predicted molar refractivity (Wildman–Crippen MR) is 268 cm³/mol. The molecule has 2 heterocycles. The summed E-state index contributed by atoms with van der Waals surface area (Å²) in [7, 11) is -5.63. The molecular formula is C51H93O23P. The number of hydrogen-bond acceptors (Lipinski definition) is 22. The van der Waals surface area contributed by atoms with Crippen molar-refractivity contribution in [2.45, 2.75) is 272 Å². The van der Waals surface area contributed by atoms with E-state index in [0.29, 0.717) is 12.8 Å². The number of carbonyl (C=O) groups excluding carboxylic acids is 2. The number of esters is 2. The van der Waals surface area contributed by atoms with E-state index < -0.39 is 150 Å². The van der Waals surface area contributed by atoms with Gasteiger partial charge >= 0.3 is 19.8 Å². The molecule has 440 valence electrons. The van der Waals surface area contributed by atoms with Crippen LogP contribution in [0.4, 0.5) is 0 Å². The maximum absolute atomic E-state index is 14.0. The number of hydrogen-bond donors (Lipinski definition) is 12. The van der Waals surface area contributed by atoms with Crippen LogP contribution < -0.4 is 0 Å². The van der Waals surface area contributed by atoms with Gasteiger partial charge < -0.3 is 89.5 Å². The number of ether oxygens (including phenoxy) is 6. The number of rotatable bonds is 39. The highest BCUT2D eigenvalue weighted by atomic mass is 31.2. The fourth-order valence-electron chi connectivity index (χ4n) is 9.17. The van der Waals surface area contributed by atoms with E-state index >= 15 is 0 Å². The van der Waals surface area contributed by atoms with E-state index in [-0.39, 0.29) is 12.8 Å². The van der Waals surface area contributed by atoms with Crippen molar-refractivity contribution < 1.29 is 113 Å². The van der Waals surface area contributed by atoms with Crippen LogP contribution in [-0.4, -0.2) is 204 Å². The third kappa shape index (κ3) is 23.8. The van der Waals surface area contributed by atoms with Crippen LogP contribution >= 0.6 is 7.82 Å². The smallest absolute Gasteiger partial charge is 0.462 e. The molecule has 3 aliphatic rings.